The molecule has 9 heteroatoms. The van der Waals surface area contributed by atoms with Gasteiger partial charge in [-0.05, 0) is 91.7 Å². The van der Waals surface area contributed by atoms with Crippen LogP contribution in [-0.4, -0.2) is 36.7 Å². The molecular weight excluding hydrogens is 586 g/mol. The van der Waals surface area contributed by atoms with E-state index in [1.165, 1.54) is 11.8 Å². The van der Waals surface area contributed by atoms with Crippen molar-refractivity contribution in [2.75, 3.05) is 24.4 Å². The maximum atomic E-state index is 13.5. The SMILES string of the molecule is CCCCOc1ccc(NC(=O)C(C)Sc2cccc(NC(=O)/C(=C/c3cccc(OC)c3)NC(=O)c3ccccc3)c2)cc1. The standard InChI is InChI=1S/C36H37N3O5S/c1-4-5-21-44-30-19-17-28(18-20-30)37-34(40)25(2)45-32-16-10-14-29(24-32)38-36(42)33(23-26-11-9-15-31(22-26)43-3)39-35(41)27-12-7-6-8-13-27/h6-20,22-25H,4-5,21H2,1-3H3,(H,37,40)(H,38,42)(H,39,41)/b33-23-. The van der Waals surface area contributed by atoms with Gasteiger partial charge in [-0.15, -0.1) is 11.8 Å². The Morgan fingerprint density at radius 3 is 2.31 bits per heavy atom. The molecule has 3 amide bonds. The number of methoxy groups -OCH3 is 1. The number of ether oxygens (including phenoxy) is 2. The van der Waals surface area contributed by atoms with Crippen molar-refractivity contribution in [3.63, 3.8) is 0 Å². The van der Waals surface area contributed by atoms with Crippen LogP contribution in [0.4, 0.5) is 11.4 Å². The highest BCUT2D eigenvalue weighted by molar-refractivity contribution is 8.00. The number of hydrogen-bond donors (Lipinski definition) is 3. The molecular formula is C36H37N3O5S. The number of nitrogens with one attached hydrogen (secondary N) is 3. The minimum absolute atomic E-state index is 0.0599. The van der Waals surface area contributed by atoms with Gasteiger partial charge >= 0.3 is 0 Å². The third kappa shape index (κ3) is 10.3. The summed E-state index contributed by atoms with van der Waals surface area (Å²) in [5.74, 6) is 0.319. The van der Waals surface area contributed by atoms with Crippen molar-refractivity contribution >= 4 is 46.9 Å². The van der Waals surface area contributed by atoms with E-state index in [2.05, 4.69) is 22.9 Å². The van der Waals surface area contributed by atoms with Gasteiger partial charge in [0.15, 0.2) is 0 Å². The Balaban J connectivity index is 1.42. The van der Waals surface area contributed by atoms with Crippen LogP contribution in [-0.2, 0) is 9.59 Å². The van der Waals surface area contributed by atoms with E-state index in [1.807, 2.05) is 49.4 Å². The minimum atomic E-state index is -0.503. The van der Waals surface area contributed by atoms with Gasteiger partial charge in [-0.2, -0.15) is 0 Å². The molecule has 0 spiro atoms. The molecule has 3 N–H and O–H groups in total. The van der Waals surface area contributed by atoms with Crippen LogP contribution in [0.25, 0.3) is 6.08 Å². The molecule has 1 unspecified atom stereocenters. The first-order valence-corrected chi connectivity index (χ1v) is 15.6. The quantitative estimate of drug-likeness (QED) is 0.0768. The summed E-state index contributed by atoms with van der Waals surface area (Å²) in [5, 5.41) is 8.15. The van der Waals surface area contributed by atoms with Crippen LogP contribution in [0.1, 0.15) is 42.6 Å². The highest BCUT2D eigenvalue weighted by Crippen LogP contribution is 2.27. The van der Waals surface area contributed by atoms with Crippen molar-refractivity contribution in [1.29, 1.82) is 0 Å². The summed E-state index contributed by atoms with van der Waals surface area (Å²) in [5.41, 5.74) is 2.36. The van der Waals surface area contributed by atoms with Crippen LogP contribution in [0.3, 0.4) is 0 Å². The van der Waals surface area contributed by atoms with Gasteiger partial charge in [0.1, 0.15) is 17.2 Å². The number of thioether (sulfide) groups is 1. The molecule has 0 aliphatic carbocycles. The average Bonchev–Trinajstić information content (AvgIpc) is 3.06. The lowest BCUT2D eigenvalue weighted by molar-refractivity contribution is -0.115. The van der Waals surface area contributed by atoms with E-state index in [-0.39, 0.29) is 11.6 Å². The number of rotatable bonds is 14. The molecule has 0 aliphatic heterocycles. The first-order chi connectivity index (χ1) is 21.8. The highest BCUT2D eigenvalue weighted by Gasteiger charge is 2.18. The second-order valence-corrected chi connectivity index (χ2v) is 11.5. The molecule has 1 atom stereocenters. The molecule has 4 aromatic carbocycles. The summed E-state index contributed by atoms with van der Waals surface area (Å²) in [6.45, 7) is 4.60. The van der Waals surface area contributed by atoms with Crippen LogP contribution >= 0.6 is 11.8 Å². The van der Waals surface area contributed by atoms with Gasteiger partial charge in [0.05, 0.1) is 19.0 Å². The summed E-state index contributed by atoms with van der Waals surface area (Å²) >= 11 is 1.37. The molecule has 0 fully saturated rings. The van der Waals surface area contributed by atoms with Crippen LogP contribution in [0.5, 0.6) is 11.5 Å². The molecule has 0 heterocycles. The van der Waals surface area contributed by atoms with Crippen molar-refractivity contribution in [3.8, 4) is 11.5 Å². The normalized spacial score (nSPS) is 11.7. The van der Waals surface area contributed by atoms with Gasteiger partial charge in [0.25, 0.3) is 11.8 Å². The molecule has 232 valence electrons. The number of benzene rings is 4. The Morgan fingerprint density at radius 2 is 1.58 bits per heavy atom. The van der Waals surface area contributed by atoms with Gasteiger partial charge < -0.3 is 25.4 Å². The molecule has 0 saturated carbocycles. The first-order valence-electron chi connectivity index (χ1n) is 14.7. The smallest absolute Gasteiger partial charge is 0.272 e. The highest BCUT2D eigenvalue weighted by atomic mass is 32.2. The lowest BCUT2D eigenvalue weighted by Crippen LogP contribution is -2.30. The number of carbonyl (C=O) groups is 3. The molecule has 0 aromatic heterocycles. The molecule has 0 radical (unpaired) electrons. The Morgan fingerprint density at radius 1 is 0.822 bits per heavy atom. The fourth-order valence-corrected chi connectivity index (χ4v) is 5.08. The Labute approximate surface area is 268 Å². The Kier molecular flexibility index (Phi) is 12.2. The predicted octanol–water partition coefficient (Wildman–Crippen LogP) is 7.40. The van der Waals surface area contributed by atoms with Crippen molar-refractivity contribution < 1.29 is 23.9 Å². The van der Waals surface area contributed by atoms with Crippen molar-refractivity contribution in [2.24, 2.45) is 0 Å². The van der Waals surface area contributed by atoms with Crippen LogP contribution < -0.4 is 25.4 Å². The summed E-state index contributed by atoms with van der Waals surface area (Å²) in [4.78, 5) is 40.1. The van der Waals surface area contributed by atoms with E-state index in [4.69, 9.17) is 9.47 Å². The second kappa shape index (κ2) is 16.7. The van der Waals surface area contributed by atoms with Crippen LogP contribution in [0.15, 0.2) is 114 Å². The molecule has 45 heavy (non-hydrogen) atoms. The lowest BCUT2D eigenvalue weighted by atomic mass is 10.1. The zero-order valence-corrected chi connectivity index (χ0v) is 26.4. The number of amides is 3. The van der Waals surface area contributed by atoms with Gasteiger partial charge in [-0.1, -0.05) is 49.7 Å². The number of anilines is 2. The Hall–Kier alpha value is -5.02. The van der Waals surface area contributed by atoms with Gasteiger partial charge in [0, 0.05) is 21.8 Å². The Bertz CT molecular complexity index is 1620. The summed E-state index contributed by atoms with van der Waals surface area (Å²) < 4.78 is 11.0. The third-order valence-corrected chi connectivity index (χ3v) is 7.69. The number of carbonyl (C=O) groups excluding carboxylic acids is 3. The van der Waals surface area contributed by atoms with Gasteiger partial charge in [-0.3, -0.25) is 14.4 Å². The second-order valence-electron chi connectivity index (χ2n) is 10.1. The monoisotopic (exact) mass is 623 g/mol. The predicted molar refractivity (Wildman–Crippen MR) is 181 cm³/mol. The molecule has 0 saturated heterocycles. The molecule has 4 aromatic rings. The van der Waals surface area contributed by atoms with Gasteiger partial charge in [-0.25, -0.2) is 0 Å². The van der Waals surface area contributed by atoms with Crippen molar-refractivity contribution in [2.45, 2.75) is 36.8 Å². The minimum Gasteiger partial charge on any atom is -0.497 e. The fraction of sp³-hybridized carbons (Fsp3) is 0.194. The maximum Gasteiger partial charge on any atom is 0.272 e. The molecule has 0 aliphatic rings. The van der Waals surface area contributed by atoms with Crippen molar-refractivity contribution in [3.05, 3.63) is 120 Å². The third-order valence-electron chi connectivity index (χ3n) is 6.60. The van der Waals surface area contributed by atoms with E-state index in [0.717, 1.165) is 23.5 Å². The van der Waals surface area contributed by atoms with Crippen molar-refractivity contribution in [1.82, 2.24) is 5.32 Å². The zero-order valence-electron chi connectivity index (χ0n) is 25.5. The largest absolute Gasteiger partial charge is 0.497 e. The number of unbranched alkanes of at least 4 members (excludes halogenated alkanes) is 1. The topological polar surface area (TPSA) is 106 Å². The van der Waals surface area contributed by atoms with E-state index >= 15 is 0 Å². The van der Waals surface area contributed by atoms with Crippen LogP contribution in [0, 0.1) is 0 Å². The number of hydrogen-bond acceptors (Lipinski definition) is 6. The van der Waals surface area contributed by atoms with Crippen LogP contribution in [0.2, 0.25) is 0 Å². The van der Waals surface area contributed by atoms with E-state index in [0.29, 0.717) is 34.9 Å². The zero-order chi connectivity index (χ0) is 32.0. The molecule has 4 rings (SSSR count). The maximum absolute atomic E-state index is 13.5. The average molecular weight is 624 g/mol. The van der Waals surface area contributed by atoms with E-state index in [1.54, 1.807) is 73.8 Å². The summed E-state index contributed by atoms with van der Waals surface area (Å²) in [7, 11) is 1.56. The molecule has 8 nitrogen and oxygen atoms in total. The summed E-state index contributed by atoms with van der Waals surface area (Å²) in [6.07, 6.45) is 3.64. The first kappa shape index (κ1) is 32.9. The lowest BCUT2D eigenvalue weighted by Gasteiger charge is -2.14. The fourth-order valence-electron chi connectivity index (χ4n) is 4.16. The van der Waals surface area contributed by atoms with Gasteiger partial charge in [0.2, 0.25) is 5.91 Å². The van der Waals surface area contributed by atoms with E-state index < -0.39 is 17.1 Å². The molecule has 0 bridgehead atoms. The van der Waals surface area contributed by atoms with E-state index in [9.17, 15) is 14.4 Å². The summed E-state index contributed by atoms with van der Waals surface area (Å²) in [6, 6.07) is 30.4.